The number of tetrazole rings is 1. The molecule has 0 bridgehead atoms. The first kappa shape index (κ1) is 17.5. The van der Waals surface area contributed by atoms with Crippen LogP contribution in [0.4, 0.5) is 5.95 Å². The average Bonchev–Trinajstić information content (AvgIpc) is 3.07. The van der Waals surface area contributed by atoms with Gasteiger partial charge < -0.3 is 10.1 Å². The Morgan fingerprint density at radius 2 is 1.96 bits per heavy atom. The molecule has 3 rings (SSSR count). The lowest BCUT2D eigenvalue weighted by Gasteiger charge is -2.13. The zero-order chi connectivity index (χ0) is 17.6. The SMILES string of the molecule is CCn1nnnc1NCc1ccccc1OCc1ccc(Cl)cc1Cl. The fourth-order valence-corrected chi connectivity index (χ4v) is 2.77. The van der Waals surface area contributed by atoms with Crippen LogP contribution in [0.15, 0.2) is 42.5 Å². The second kappa shape index (κ2) is 8.18. The maximum Gasteiger partial charge on any atom is 0.243 e. The van der Waals surface area contributed by atoms with Crippen molar-refractivity contribution in [2.45, 2.75) is 26.6 Å². The Morgan fingerprint density at radius 1 is 1.12 bits per heavy atom. The smallest absolute Gasteiger partial charge is 0.243 e. The van der Waals surface area contributed by atoms with Crippen LogP contribution in [0.3, 0.4) is 0 Å². The van der Waals surface area contributed by atoms with Gasteiger partial charge in [-0.3, -0.25) is 0 Å². The van der Waals surface area contributed by atoms with Gasteiger partial charge in [0.1, 0.15) is 12.4 Å². The van der Waals surface area contributed by atoms with E-state index >= 15 is 0 Å². The third kappa shape index (κ3) is 4.41. The molecular formula is C17H17Cl2N5O. The number of para-hydroxylation sites is 1. The van der Waals surface area contributed by atoms with Crippen LogP contribution in [0.5, 0.6) is 5.75 Å². The first-order valence-corrected chi connectivity index (χ1v) is 8.57. The van der Waals surface area contributed by atoms with Gasteiger partial charge in [-0.25, -0.2) is 4.68 Å². The van der Waals surface area contributed by atoms with Crippen molar-refractivity contribution in [3.8, 4) is 5.75 Å². The van der Waals surface area contributed by atoms with Crippen molar-refractivity contribution >= 4 is 29.2 Å². The van der Waals surface area contributed by atoms with Crippen LogP contribution in [-0.2, 0) is 19.7 Å². The minimum Gasteiger partial charge on any atom is -0.488 e. The molecule has 0 spiro atoms. The number of anilines is 1. The number of rotatable bonds is 7. The molecule has 0 saturated heterocycles. The Hall–Kier alpha value is -2.31. The summed E-state index contributed by atoms with van der Waals surface area (Å²) in [6, 6.07) is 13.2. The van der Waals surface area contributed by atoms with Crippen LogP contribution in [0.25, 0.3) is 0 Å². The van der Waals surface area contributed by atoms with E-state index in [0.717, 1.165) is 16.9 Å². The zero-order valence-electron chi connectivity index (χ0n) is 13.6. The molecule has 1 heterocycles. The van der Waals surface area contributed by atoms with E-state index in [1.165, 1.54) is 0 Å². The maximum atomic E-state index is 6.20. The first-order chi connectivity index (χ1) is 12.2. The van der Waals surface area contributed by atoms with Crippen LogP contribution in [0.1, 0.15) is 18.1 Å². The molecule has 0 atom stereocenters. The Balaban J connectivity index is 1.68. The van der Waals surface area contributed by atoms with Crippen LogP contribution in [0.2, 0.25) is 10.0 Å². The highest BCUT2D eigenvalue weighted by atomic mass is 35.5. The van der Waals surface area contributed by atoms with E-state index in [9.17, 15) is 0 Å². The lowest BCUT2D eigenvalue weighted by atomic mass is 10.2. The van der Waals surface area contributed by atoms with Gasteiger partial charge in [0, 0.05) is 34.3 Å². The molecule has 0 saturated carbocycles. The predicted molar refractivity (Wildman–Crippen MR) is 98.1 cm³/mol. The molecule has 3 aromatic rings. The predicted octanol–water partition coefficient (Wildman–Crippen LogP) is 4.19. The highest BCUT2D eigenvalue weighted by Crippen LogP contribution is 2.24. The van der Waals surface area contributed by atoms with Gasteiger partial charge >= 0.3 is 0 Å². The molecule has 0 aliphatic rings. The van der Waals surface area contributed by atoms with Crippen LogP contribution < -0.4 is 10.1 Å². The van der Waals surface area contributed by atoms with E-state index < -0.39 is 0 Å². The standard InChI is InChI=1S/C17H17Cl2N5O/c1-2-24-17(21-22-23-24)20-10-12-5-3-4-6-16(12)25-11-13-7-8-14(18)9-15(13)19/h3-9H,2,10-11H2,1H3,(H,20,21,23). The normalized spacial score (nSPS) is 10.7. The third-order valence-electron chi connectivity index (χ3n) is 3.64. The molecule has 0 radical (unpaired) electrons. The average molecular weight is 378 g/mol. The lowest BCUT2D eigenvalue weighted by molar-refractivity contribution is 0.303. The Labute approximate surface area is 155 Å². The third-order valence-corrected chi connectivity index (χ3v) is 4.23. The Kier molecular flexibility index (Phi) is 5.73. The fraction of sp³-hybridized carbons (Fsp3) is 0.235. The summed E-state index contributed by atoms with van der Waals surface area (Å²) in [5.74, 6) is 1.40. The summed E-state index contributed by atoms with van der Waals surface area (Å²) >= 11 is 12.1. The number of benzene rings is 2. The van der Waals surface area contributed by atoms with Gasteiger partial charge in [0.25, 0.3) is 0 Å². The van der Waals surface area contributed by atoms with Crippen LogP contribution in [-0.4, -0.2) is 20.2 Å². The number of nitrogens with zero attached hydrogens (tertiary/aromatic N) is 4. The molecule has 8 heteroatoms. The molecule has 0 aliphatic carbocycles. The van der Waals surface area contributed by atoms with Gasteiger partial charge in [-0.1, -0.05) is 52.6 Å². The quantitative estimate of drug-likeness (QED) is 0.668. The summed E-state index contributed by atoms with van der Waals surface area (Å²) in [4.78, 5) is 0. The van der Waals surface area contributed by atoms with E-state index in [1.807, 2.05) is 37.3 Å². The van der Waals surface area contributed by atoms with Gasteiger partial charge in [-0.05, 0) is 35.5 Å². The molecule has 0 aliphatic heterocycles. The van der Waals surface area contributed by atoms with Crippen molar-refractivity contribution in [2.75, 3.05) is 5.32 Å². The van der Waals surface area contributed by atoms with E-state index in [-0.39, 0.29) is 0 Å². The second-order valence-electron chi connectivity index (χ2n) is 5.30. The molecule has 0 amide bonds. The van der Waals surface area contributed by atoms with Crippen LogP contribution in [0, 0.1) is 0 Å². The summed E-state index contributed by atoms with van der Waals surface area (Å²) < 4.78 is 7.64. The van der Waals surface area contributed by atoms with Crippen molar-refractivity contribution in [1.82, 2.24) is 20.2 Å². The number of aryl methyl sites for hydroxylation is 1. The van der Waals surface area contributed by atoms with Gasteiger partial charge in [-0.2, -0.15) is 0 Å². The highest BCUT2D eigenvalue weighted by molar-refractivity contribution is 6.35. The minimum atomic E-state index is 0.361. The summed E-state index contributed by atoms with van der Waals surface area (Å²) in [5, 5.41) is 15.9. The van der Waals surface area contributed by atoms with Crippen LogP contribution >= 0.6 is 23.2 Å². The van der Waals surface area contributed by atoms with Gasteiger partial charge in [0.15, 0.2) is 0 Å². The van der Waals surface area contributed by atoms with Crippen molar-refractivity contribution in [1.29, 1.82) is 0 Å². The Morgan fingerprint density at radius 3 is 2.76 bits per heavy atom. The van der Waals surface area contributed by atoms with Gasteiger partial charge in [-0.15, -0.1) is 0 Å². The largest absolute Gasteiger partial charge is 0.488 e. The molecule has 6 nitrogen and oxygen atoms in total. The lowest BCUT2D eigenvalue weighted by Crippen LogP contribution is -2.09. The number of aromatic nitrogens is 4. The van der Waals surface area contributed by atoms with Gasteiger partial charge in [0.05, 0.1) is 0 Å². The second-order valence-corrected chi connectivity index (χ2v) is 6.15. The molecule has 1 N–H and O–H groups in total. The Bertz CT molecular complexity index is 853. The van der Waals surface area contributed by atoms with Crippen molar-refractivity contribution in [2.24, 2.45) is 0 Å². The van der Waals surface area contributed by atoms with E-state index in [0.29, 0.717) is 35.7 Å². The molecule has 25 heavy (non-hydrogen) atoms. The van der Waals surface area contributed by atoms with E-state index in [1.54, 1.807) is 16.8 Å². The molecule has 0 fully saturated rings. The summed E-state index contributed by atoms with van der Waals surface area (Å²) in [5.41, 5.74) is 1.88. The fourth-order valence-electron chi connectivity index (χ4n) is 2.30. The zero-order valence-corrected chi connectivity index (χ0v) is 15.1. The van der Waals surface area contributed by atoms with E-state index in [4.69, 9.17) is 27.9 Å². The molecule has 2 aromatic carbocycles. The summed E-state index contributed by atoms with van der Waals surface area (Å²) in [6.45, 7) is 3.58. The first-order valence-electron chi connectivity index (χ1n) is 7.82. The topological polar surface area (TPSA) is 64.9 Å². The monoisotopic (exact) mass is 377 g/mol. The molecule has 130 valence electrons. The van der Waals surface area contributed by atoms with Crippen molar-refractivity contribution in [3.05, 3.63) is 63.6 Å². The summed E-state index contributed by atoms with van der Waals surface area (Å²) in [7, 11) is 0. The summed E-state index contributed by atoms with van der Waals surface area (Å²) in [6.07, 6.45) is 0. The number of nitrogens with one attached hydrogen (secondary N) is 1. The van der Waals surface area contributed by atoms with Crippen molar-refractivity contribution < 1.29 is 4.74 Å². The number of halogens is 2. The number of hydrogen-bond donors (Lipinski definition) is 1. The number of ether oxygens (including phenoxy) is 1. The molecule has 0 unspecified atom stereocenters. The van der Waals surface area contributed by atoms with E-state index in [2.05, 4.69) is 20.8 Å². The van der Waals surface area contributed by atoms with Gasteiger partial charge in [0.2, 0.25) is 5.95 Å². The molecular weight excluding hydrogens is 361 g/mol. The van der Waals surface area contributed by atoms with Crippen molar-refractivity contribution in [3.63, 3.8) is 0 Å². The number of hydrogen-bond acceptors (Lipinski definition) is 5. The maximum absolute atomic E-state index is 6.20. The molecule has 1 aromatic heterocycles. The highest BCUT2D eigenvalue weighted by Gasteiger charge is 2.08. The minimum absolute atomic E-state index is 0.361.